The van der Waals surface area contributed by atoms with E-state index in [9.17, 15) is 9.18 Å². The molecule has 1 atom stereocenters. The first kappa shape index (κ1) is 19.3. The van der Waals surface area contributed by atoms with Gasteiger partial charge in [-0.05, 0) is 38.0 Å². The Labute approximate surface area is 164 Å². The van der Waals surface area contributed by atoms with Crippen molar-refractivity contribution in [2.45, 2.75) is 26.8 Å². The van der Waals surface area contributed by atoms with Crippen molar-refractivity contribution in [1.82, 2.24) is 10.3 Å². The zero-order chi connectivity index (χ0) is 19.6. The van der Waals surface area contributed by atoms with Crippen LogP contribution in [0.15, 0.2) is 45.3 Å². The Morgan fingerprint density at radius 1 is 1.41 bits per heavy atom. The van der Waals surface area contributed by atoms with E-state index in [0.717, 1.165) is 0 Å². The van der Waals surface area contributed by atoms with Crippen LogP contribution >= 0.6 is 15.9 Å². The van der Waals surface area contributed by atoms with Crippen LogP contribution in [0.1, 0.15) is 35.5 Å². The van der Waals surface area contributed by atoms with Gasteiger partial charge in [0.15, 0.2) is 12.2 Å². The number of oxazole rings is 1. The summed E-state index contributed by atoms with van der Waals surface area (Å²) >= 11 is 3.41. The zero-order valence-corrected chi connectivity index (χ0v) is 16.8. The number of alkyl halides is 1. The van der Waals surface area contributed by atoms with Gasteiger partial charge >= 0.3 is 5.97 Å². The number of nitrogens with one attached hydrogen (secondary N) is 1. The van der Waals surface area contributed by atoms with Gasteiger partial charge in [-0.15, -0.1) is 0 Å². The second kappa shape index (κ2) is 8.04. The maximum absolute atomic E-state index is 14.2. The molecule has 6 nitrogen and oxygen atoms in total. The minimum atomic E-state index is -0.723. The van der Waals surface area contributed by atoms with Gasteiger partial charge in [0.25, 0.3) is 0 Å². The summed E-state index contributed by atoms with van der Waals surface area (Å²) in [6.45, 7) is 5.40. The van der Waals surface area contributed by atoms with Crippen LogP contribution in [-0.4, -0.2) is 28.7 Å². The van der Waals surface area contributed by atoms with Crippen LogP contribution in [0.5, 0.6) is 0 Å². The molecule has 8 heteroatoms. The van der Waals surface area contributed by atoms with Crippen molar-refractivity contribution >= 4 is 27.7 Å². The van der Waals surface area contributed by atoms with E-state index < -0.39 is 12.0 Å². The maximum Gasteiger partial charge on any atom is 0.338 e. The molecular formula is C19H19BrFN3O3. The smallest absolute Gasteiger partial charge is 0.338 e. The predicted octanol–water partition coefficient (Wildman–Crippen LogP) is 3.73. The molecular weight excluding hydrogens is 417 g/mol. The van der Waals surface area contributed by atoms with Gasteiger partial charge < -0.3 is 14.5 Å². The van der Waals surface area contributed by atoms with Crippen molar-refractivity contribution in [1.29, 1.82) is 0 Å². The molecule has 0 radical (unpaired) electrons. The summed E-state index contributed by atoms with van der Waals surface area (Å²) in [6.07, 6.45) is 1.33. The number of aliphatic imine (C=N–C) groups is 1. The fraction of sp³-hybridized carbons (Fsp3) is 0.316. The van der Waals surface area contributed by atoms with E-state index in [1.54, 1.807) is 32.9 Å². The van der Waals surface area contributed by atoms with Gasteiger partial charge in [-0.1, -0.05) is 28.1 Å². The van der Waals surface area contributed by atoms with Crippen LogP contribution in [0.3, 0.4) is 0 Å². The van der Waals surface area contributed by atoms with E-state index in [-0.39, 0.29) is 12.4 Å². The maximum atomic E-state index is 14.2. The number of hydrogen-bond donors (Lipinski definition) is 1. The predicted molar refractivity (Wildman–Crippen MR) is 102 cm³/mol. The van der Waals surface area contributed by atoms with E-state index in [4.69, 9.17) is 9.15 Å². The van der Waals surface area contributed by atoms with Gasteiger partial charge in [-0.3, -0.25) is 4.99 Å². The van der Waals surface area contributed by atoms with E-state index in [1.807, 2.05) is 0 Å². The third-order valence-electron chi connectivity index (χ3n) is 4.33. The Balaban J connectivity index is 2.19. The van der Waals surface area contributed by atoms with Crippen molar-refractivity contribution in [2.75, 3.05) is 11.9 Å². The normalized spacial score (nSPS) is 16.8. The number of rotatable bonds is 5. The van der Waals surface area contributed by atoms with Crippen molar-refractivity contribution < 1.29 is 18.3 Å². The third-order valence-corrected chi connectivity index (χ3v) is 4.89. The molecule has 27 heavy (non-hydrogen) atoms. The minimum Gasteiger partial charge on any atom is -0.463 e. The van der Waals surface area contributed by atoms with E-state index >= 15 is 0 Å². The summed E-state index contributed by atoms with van der Waals surface area (Å²) in [7, 11) is 0. The van der Waals surface area contributed by atoms with E-state index in [0.29, 0.717) is 45.0 Å². The highest BCUT2D eigenvalue weighted by molar-refractivity contribution is 9.09. The average molecular weight is 436 g/mol. The number of ether oxygens (including phenoxy) is 1. The summed E-state index contributed by atoms with van der Waals surface area (Å²) in [6, 6.07) is 4.02. The molecule has 0 saturated heterocycles. The van der Waals surface area contributed by atoms with Crippen LogP contribution in [0, 0.1) is 19.7 Å². The van der Waals surface area contributed by atoms with E-state index in [2.05, 4.69) is 31.2 Å². The second-order valence-electron chi connectivity index (χ2n) is 5.96. The first-order chi connectivity index (χ1) is 13.0. The monoisotopic (exact) mass is 435 g/mol. The number of aryl methyl sites for hydroxylation is 1. The molecule has 1 aliphatic heterocycles. The minimum absolute atomic E-state index is 0.228. The molecule has 1 unspecified atom stereocenters. The van der Waals surface area contributed by atoms with Gasteiger partial charge in [0.2, 0.25) is 0 Å². The van der Waals surface area contributed by atoms with Crippen LogP contribution in [0.2, 0.25) is 0 Å². The first-order valence-electron chi connectivity index (χ1n) is 8.44. The Morgan fingerprint density at radius 3 is 2.81 bits per heavy atom. The van der Waals surface area contributed by atoms with Crippen molar-refractivity contribution in [3.05, 3.63) is 64.3 Å². The quantitative estimate of drug-likeness (QED) is 0.571. The number of carbonyl (C=O) groups is 1. The summed E-state index contributed by atoms with van der Waals surface area (Å²) in [4.78, 5) is 21.5. The van der Waals surface area contributed by atoms with Crippen molar-refractivity contribution in [3.8, 4) is 0 Å². The molecule has 1 aromatic heterocycles. The average Bonchev–Trinajstić information content (AvgIpc) is 3.09. The Hall–Kier alpha value is -2.48. The van der Waals surface area contributed by atoms with Crippen LogP contribution < -0.4 is 5.32 Å². The van der Waals surface area contributed by atoms with Crippen molar-refractivity contribution in [2.24, 2.45) is 4.99 Å². The standard InChI is InChI=1S/C19H19BrFN3O3/c1-4-26-19(25)15-14(8-20)23-18(16-11(3)27-9-22-16)24-17(15)12-6-5-7-13(21)10(12)2/h5-7,9,17H,4,8H2,1-3H3,(H,23,24). The molecule has 0 fully saturated rings. The number of halogens is 2. The van der Waals surface area contributed by atoms with Gasteiger partial charge in [0, 0.05) is 11.0 Å². The topological polar surface area (TPSA) is 76.7 Å². The largest absolute Gasteiger partial charge is 0.463 e. The summed E-state index contributed by atoms with van der Waals surface area (Å²) in [5.41, 5.74) is 2.49. The zero-order valence-electron chi connectivity index (χ0n) is 15.2. The second-order valence-corrected chi connectivity index (χ2v) is 6.52. The highest BCUT2D eigenvalue weighted by Crippen LogP contribution is 2.35. The lowest BCUT2D eigenvalue weighted by Crippen LogP contribution is -2.35. The first-order valence-corrected chi connectivity index (χ1v) is 9.56. The van der Waals surface area contributed by atoms with Gasteiger partial charge in [-0.2, -0.15) is 0 Å². The molecule has 0 saturated carbocycles. The number of hydrogen-bond acceptors (Lipinski definition) is 6. The summed E-state index contributed by atoms with van der Waals surface area (Å²) in [5.74, 6) is 0.193. The molecule has 142 valence electrons. The number of benzene rings is 1. The molecule has 2 heterocycles. The SMILES string of the molecule is CCOC(=O)C1=C(CBr)NC(c2ncoc2C)=NC1c1cccc(F)c1C. The number of nitrogens with zero attached hydrogens (tertiary/aromatic N) is 2. The number of allylic oxidation sites excluding steroid dienone is 1. The molecule has 1 aromatic carbocycles. The lowest BCUT2D eigenvalue weighted by molar-refractivity contribution is -0.138. The van der Waals surface area contributed by atoms with Crippen molar-refractivity contribution in [3.63, 3.8) is 0 Å². The highest BCUT2D eigenvalue weighted by atomic mass is 79.9. The number of aromatic nitrogens is 1. The van der Waals surface area contributed by atoms with Crippen LogP contribution in [0.25, 0.3) is 0 Å². The number of amidine groups is 1. The van der Waals surface area contributed by atoms with Gasteiger partial charge in [0.1, 0.15) is 23.3 Å². The fourth-order valence-electron chi connectivity index (χ4n) is 2.95. The number of carbonyl (C=O) groups excluding carboxylic acids is 1. The Morgan fingerprint density at radius 2 is 2.19 bits per heavy atom. The lowest BCUT2D eigenvalue weighted by atomic mass is 9.92. The van der Waals surface area contributed by atoms with Gasteiger partial charge in [0.05, 0.1) is 12.2 Å². The molecule has 1 N–H and O–H groups in total. The van der Waals surface area contributed by atoms with Crippen LogP contribution in [-0.2, 0) is 9.53 Å². The van der Waals surface area contributed by atoms with E-state index in [1.165, 1.54) is 12.5 Å². The lowest BCUT2D eigenvalue weighted by Gasteiger charge is -2.27. The Kier molecular flexibility index (Phi) is 5.74. The fourth-order valence-corrected chi connectivity index (χ4v) is 3.39. The summed E-state index contributed by atoms with van der Waals surface area (Å²) in [5, 5.41) is 3.50. The Bertz CT molecular complexity index is 936. The molecule has 0 spiro atoms. The molecule has 1 aliphatic rings. The molecule has 2 aromatic rings. The summed E-state index contributed by atoms with van der Waals surface area (Å²) < 4.78 is 24.7. The molecule has 3 rings (SSSR count). The highest BCUT2D eigenvalue weighted by Gasteiger charge is 2.34. The third kappa shape index (κ3) is 3.66. The van der Waals surface area contributed by atoms with Crippen LogP contribution in [0.4, 0.5) is 4.39 Å². The molecule has 0 bridgehead atoms. The molecule has 0 aliphatic carbocycles. The number of esters is 1. The molecule has 0 amide bonds. The van der Waals surface area contributed by atoms with Gasteiger partial charge in [-0.25, -0.2) is 14.2 Å².